The average molecular weight is 256 g/mol. The van der Waals surface area contributed by atoms with E-state index in [1.54, 1.807) is 4.90 Å². The Kier molecular flexibility index (Phi) is 4.06. The molecule has 1 atom stereocenters. The number of carboxylic acid groups (broad SMARTS) is 1. The van der Waals surface area contributed by atoms with E-state index in [0.717, 1.165) is 13.1 Å². The number of hydrogen-bond donors (Lipinski definition) is 3. The second-order valence-electron chi connectivity index (χ2n) is 5.33. The first kappa shape index (κ1) is 13.1. The predicted molar refractivity (Wildman–Crippen MR) is 64.1 cm³/mol. The molecule has 0 aromatic rings. The van der Waals surface area contributed by atoms with Crippen LogP contribution in [0.5, 0.6) is 0 Å². The monoisotopic (exact) mass is 256 g/mol. The van der Waals surface area contributed by atoms with Crippen molar-refractivity contribution in [1.29, 1.82) is 0 Å². The van der Waals surface area contributed by atoms with Crippen LogP contribution in [0, 0.1) is 11.8 Å². The molecule has 0 bridgehead atoms. The number of urea groups is 1. The van der Waals surface area contributed by atoms with Gasteiger partial charge in [0.05, 0.1) is 6.54 Å². The fourth-order valence-electron chi connectivity index (χ4n) is 1.85. The lowest BCUT2D eigenvalue weighted by Crippen LogP contribution is -2.46. The minimum atomic E-state index is -1.53. The van der Waals surface area contributed by atoms with Gasteiger partial charge in [0, 0.05) is 13.1 Å². The molecule has 0 aromatic heterocycles. The average Bonchev–Trinajstić information content (AvgIpc) is 3.18. The summed E-state index contributed by atoms with van der Waals surface area (Å²) in [5.41, 5.74) is 0. The van der Waals surface area contributed by atoms with E-state index in [1.807, 2.05) is 0 Å². The largest absolute Gasteiger partial charge is 0.479 e. The number of carbonyl (C=O) groups is 2. The van der Waals surface area contributed by atoms with Crippen LogP contribution in [-0.4, -0.2) is 52.9 Å². The lowest BCUT2D eigenvalue weighted by atomic mass is 10.3. The summed E-state index contributed by atoms with van der Waals surface area (Å²) in [6, 6.07) is -0.255. The molecule has 0 radical (unpaired) electrons. The maximum absolute atomic E-state index is 11.9. The Morgan fingerprint density at radius 3 is 2.06 bits per heavy atom. The third kappa shape index (κ3) is 4.18. The molecule has 0 saturated heterocycles. The number of aliphatic hydroxyl groups excluding tert-OH is 1. The van der Waals surface area contributed by atoms with Gasteiger partial charge in [-0.2, -0.15) is 0 Å². The first-order valence-corrected chi connectivity index (χ1v) is 6.50. The molecule has 2 amide bonds. The third-order valence-electron chi connectivity index (χ3n) is 3.37. The SMILES string of the molecule is O=C(O)C(O)CNC(=O)N(CC1CC1)CC1CC1. The smallest absolute Gasteiger partial charge is 0.334 e. The van der Waals surface area contributed by atoms with E-state index in [-0.39, 0.29) is 12.6 Å². The first-order chi connectivity index (χ1) is 8.56. The molecular formula is C12H20N2O4. The van der Waals surface area contributed by atoms with Crippen molar-refractivity contribution in [2.45, 2.75) is 31.8 Å². The van der Waals surface area contributed by atoms with Crippen LogP contribution in [0.25, 0.3) is 0 Å². The highest BCUT2D eigenvalue weighted by Crippen LogP contribution is 2.33. The van der Waals surface area contributed by atoms with Crippen molar-refractivity contribution >= 4 is 12.0 Å². The molecule has 6 nitrogen and oxygen atoms in total. The number of rotatable bonds is 7. The van der Waals surface area contributed by atoms with E-state index in [1.165, 1.54) is 25.7 Å². The fourth-order valence-corrected chi connectivity index (χ4v) is 1.85. The lowest BCUT2D eigenvalue weighted by Gasteiger charge is -2.23. The van der Waals surface area contributed by atoms with Crippen LogP contribution in [0.2, 0.25) is 0 Å². The van der Waals surface area contributed by atoms with E-state index < -0.39 is 12.1 Å². The summed E-state index contributed by atoms with van der Waals surface area (Å²) >= 11 is 0. The van der Waals surface area contributed by atoms with E-state index in [4.69, 9.17) is 10.2 Å². The van der Waals surface area contributed by atoms with Gasteiger partial charge in [0.15, 0.2) is 6.10 Å². The molecule has 2 rings (SSSR count). The van der Waals surface area contributed by atoms with Crippen LogP contribution < -0.4 is 5.32 Å². The number of carboxylic acids is 1. The van der Waals surface area contributed by atoms with Crippen molar-refractivity contribution < 1.29 is 19.8 Å². The van der Waals surface area contributed by atoms with E-state index >= 15 is 0 Å². The molecule has 3 N–H and O–H groups in total. The standard InChI is InChI=1S/C12H20N2O4/c15-10(11(16)17)5-13-12(18)14(6-8-1-2-8)7-9-3-4-9/h8-10,15H,1-7H2,(H,13,18)(H,16,17). The number of aliphatic carboxylic acids is 1. The van der Waals surface area contributed by atoms with Crippen molar-refractivity contribution in [2.75, 3.05) is 19.6 Å². The Morgan fingerprint density at radius 2 is 1.67 bits per heavy atom. The Hall–Kier alpha value is -1.30. The highest BCUT2D eigenvalue weighted by Gasteiger charge is 2.31. The summed E-state index contributed by atoms with van der Waals surface area (Å²) in [4.78, 5) is 24.1. The van der Waals surface area contributed by atoms with E-state index in [9.17, 15) is 9.59 Å². The maximum atomic E-state index is 11.9. The van der Waals surface area contributed by atoms with Crippen LogP contribution in [0.3, 0.4) is 0 Å². The Balaban J connectivity index is 1.76. The molecular weight excluding hydrogens is 236 g/mol. The molecule has 2 aliphatic rings. The maximum Gasteiger partial charge on any atom is 0.334 e. The Labute approximate surface area is 106 Å². The normalized spacial score (nSPS) is 20.3. The Bertz CT molecular complexity index is 312. The summed E-state index contributed by atoms with van der Waals surface area (Å²) in [5, 5.41) is 20.1. The summed E-state index contributed by atoms with van der Waals surface area (Å²) in [6.45, 7) is 1.27. The molecule has 1 unspecified atom stereocenters. The van der Waals surface area contributed by atoms with Crippen LogP contribution in [0.1, 0.15) is 25.7 Å². The summed E-state index contributed by atoms with van der Waals surface area (Å²) < 4.78 is 0. The van der Waals surface area contributed by atoms with Gasteiger partial charge in [-0.05, 0) is 37.5 Å². The first-order valence-electron chi connectivity index (χ1n) is 6.50. The van der Waals surface area contributed by atoms with E-state index in [0.29, 0.717) is 11.8 Å². The number of amides is 2. The van der Waals surface area contributed by atoms with Gasteiger partial charge in [-0.3, -0.25) is 0 Å². The van der Waals surface area contributed by atoms with Gasteiger partial charge in [0.2, 0.25) is 0 Å². The number of aliphatic hydroxyl groups is 1. The third-order valence-corrected chi connectivity index (χ3v) is 3.37. The number of hydrogen-bond acceptors (Lipinski definition) is 3. The topological polar surface area (TPSA) is 89.9 Å². The number of nitrogens with zero attached hydrogens (tertiary/aromatic N) is 1. The summed E-state index contributed by atoms with van der Waals surface area (Å²) in [7, 11) is 0. The molecule has 0 aliphatic heterocycles. The molecule has 2 aliphatic carbocycles. The van der Waals surface area contributed by atoms with Gasteiger partial charge in [-0.1, -0.05) is 0 Å². The van der Waals surface area contributed by atoms with Crippen molar-refractivity contribution in [3.8, 4) is 0 Å². The molecule has 102 valence electrons. The van der Waals surface area contributed by atoms with Gasteiger partial charge in [-0.15, -0.1) is 0 Å². The molecule has 2 fully saturated rings. The Morgan fingerprint density at radius 1 is 1.17 bits per heavy atom. The van der Waals surface area contributed by atoms with Gasteiger partial charge in [0.25, 0.3) is 0 Å². The van der Waals surface area contributed by atoms with Crippen LogP contribution in [-0.2, 0) is 4.79 Å². The zero-order valence-corrected chi connectivity index (χ0v) is 10.3. The summed E-state index contributed by atoms with van der Waals surface area (Å²) in [6.07, 6.45) is 3.16. The predicted octanol–water partition coefficient (Wildman–Crippen LogP) is 0.263. The summed E-state index contributed by atoms with van der Waals surface area (Å²) in [5.74, 6) is -0.0935. The van der Waals surface area contributed by atoms with Gasteiger partial charge >= 0.3 is 12.0 Å². The second kappa shape index (κ2) is 5.56. The zero-order chi connectivity index (χ0) is 13.1. The minimum absolute atomic E-state index is 0.236. The molecule has 18 heavy (non-hydrogen) atoms. The van der Waals surface area contributed by atoms with Gasteiger partial charge in [0.1, 0.15) is 0 Å². The van der Waals surface area contributed by atoms with Gasteiger partial charge < -0.3 is 20.4 Å². The van der Waals surface area contributed by atoms with Crippen molar-refractivity contribution in [1.82, 2.24) is 10.2 Å². The highest BCUT2D eigenvalue weighted by atomic mass is 16.4. The van der Waals surface area contributed by atoms with E-state index in [2.05, 4.69) is 5.32 Å². The molecule has 0 spiro atoms. The second-order valence-corrected chi connectivity index (χ2v) is 5.33. The number of carbonyl (C=O) groups excluding carboxylic acids is 1. The molecule has 0 aromatic carbocycles. The molecule has 0 heterocycles. The zero-order valence-electron chi connectivity index (χ0n) is 10.3. The van der Waals surface area contributed by atoms with Gasteiger partial charge in [-0.25, -0.2) is 9.59 Å². The van der Waals surface area contributed by atoms with Crippen molar-refractivity contribution in [2.24, 2.45) is 11.8 Å². The molecule has 6 heteroatoms. The highest BCUT2D eigenvalue weighted by molar-refractivity contribution is 5.76. The number of nitrogens with one attached hydrogen (secondary N) is 1. The van der Waals surface area contributed by atoms with Crippen LogP contribution in [0.15, 0.2) is 0 Å². The van der Waals surface area contributed by atoms with Crippen LogP contribution >= 0.6 is 0 Å². The quantitative estimate of drug-likeness (QED) is 0.609. The fraction of sp³-hybridized carbons (Fsp3) is 0.833. The molecule has 2 saturated carbocycles. The van der Waals surface area contributed by atoms with Crippen molar-refractivity contribution in [3.05, 3.63) is 0 Å². The lowest BCUT2D eigenvalue weighted by molar-refractivity contribution is -0.146. The van der Waals surface area contributed by atoms with Crippen molar-refractivity contribution in [3.63, 3.8) is 0 Å². The van der Waals surface area contributed by atoms with Crippen LogP contribution in [0.4, 0.5) is 4.79 Å². The minimum Gasteiger partial charge on any atom is -0.479 e.